The third-order valence-electron chi connectivity index (χ3n) is 6.12. The van der Waals surface area contributed by atoms with Crippen LogP contribution in [0.5, 0.6) is 5.75 Å². The number of nitrogens with zero attached hydrogens (tertiary/aromatic N) is 2. The van der Waals surface area contributed by atoms with E-state index in [0.717, 1.165) is 35.4 Å². The number of halogens is 3. The van der Waals surface area contributed by atoms with Crippen LogP contribution in [0.4, 0.5) is 0 Å². The van der Waals surface area contributed by atoms with Gasteiger partial charge in [0, 0.05) is 10.6 Å². The molecule has 8 heteroatoms. The van der Waals surface area contributed by atoms with Gasteiger partial charge < -0.3 is 4.74 Å². The van der Waals surface area contributed by atoms with E-state index in [-0.39, 0.29) is 35.5 Å². The van der Waals surface area contributed by atoms with Crippen LogP contribution in [0.2, 0.25) is 5.02 Å². The molecule has 0 radical (unpaired) electrons. The highest BCUT2D eigenvalue weighted by atomic mass is 127. The van der Waals surface area contributed by atoms with Crippen molar-refractivity contribution >= 4 is 74.8 Å². The van der Waals surface area contributed by atoms with E-state index in [1.54, 1.807) is 6.21 Å². The Morgan fingerprint density at radius 3 is 2.29 bits per heavy atom. The third-order valence-corrected chi connectivity index (χ3v) is 8.09. The summed E-state index contributed by atoms with van der Waals surface area (Å²) in [6, 6.07) is 11.4. The van der Waals surface area contributed by atoms with E-state index in [0.29, 0.717) is 11.6 Å². The first-order valence-electron chi connectivity index (χ1n) is 9.89. The molecule has 0 spiro atoms. The maximum absolute atomic E-state index is 12.8. The van der Waals surface area contributed by atoms with E-state index < -0.39 is 0 Å². The Morgan fingerprint density at radius 2 is 1.68 bits per heavy atom. The minimum Gasteiger partial charge on any atom is -0.487 e. The maximum Gasteiger partial charge on any atom is 0.254 e. The number of ether oxygens (including phenoxy) is 1. The van der Waals surface area contributed by atoms with Gasteiger partial charge in [0.25, 0.3) is 11.8 Å². The van der Waals surface area contributed by atoms with Crippen molar-refractivity contribution in [1.82, 2.24) is 5.01 Å². The average molecular weight is 659 g/mol. The number of imide groups is 1. The molecule has 2 fully saturated rings. The van der Waals surface area contributed by atoms with Crippen LogP contribution in [0.3, 0.4) is 0 Å². The molecule has 0 unspecified atom stereocenters. The SMILES string of the molecule is O=C1[C@@H]2[C@@H](C(=O)N1/N=C\c1cc(I)c(OCc3ccccc3Cl)c(I)c1)[C@H]1C=C[C@H]2C1. The minimum atomic E-state index is -0.236. The summed E-state index contributed by atoms with van der Waals surface area (Å²) in [5.41, 5.74) is 1.72. The number of hydrogen-bond donors (Lipinski definition) is 0. The molecule has 5 rings (SSSR count). The zero-order valence-corrected chi connectivity index (χ0v) is 21.2. The summed E-state index contributed by atoms with van der Waals surface area (Å²) < 4.78 is 7.84. The molecule has 1 saturated heterocycles. The highest BCUT2D eigenvalue weighted by molar-refractivity contribution is 14.1. The molecule has 2 amide bonds. The molecule has 3 aliphatic rings. The number of amides is 2. The van der Waals surface area contributed by atoms with Gasteiger partial charge >= 0.3 is 0 Å². The van der Waals surface area contributed by atoms with Crippen molar-refractivity contribution in [3.8, 4) is 5.75 Å². The van der Waals surface area contributed by atoms with E-state index in [1.165, 1.54) is 0 Å². The van der Waals surface area contributed by atoms with Gasteiger partial charge in [-0.15, -0.1) is 0 Å². The summed E-state index contributed by atoms with van der Waals surface area (Å²) in [4.78, 5) is 25.5. The number of hydrogen-bond acceptors (Lipinski definition) is 4. The van der Waals surface area contributed by atoms with Crippen LogP contribution in [-0.2, 0) is 16.2 Å². The fourth-order valence-electron chi connectivity index (χ4n) is 4.68. The molecule has 5 nitrogen and oxygen atoms in total. The zero-order valence-electron chi connectivity index (χ0n) is 16.2. The molecule has 2 aliphatic carbocycles. The largest absolute Gasteiger partial charge is 0.487 e. The number of rotatable bonds is 5. The van der Waals surface area contributed by atoms with E-state index in [9.17, 15) is 9.59 Å². The third kappa shape index (κ3) is 3.82. The van der Waals surface area contributed by atoms with Crippen molar-refractivity contribution in [2.75, 3.05) is 0 Å². The molecule has 2 aromatic carbocycles. The molecule has 158 valence electrons. The van der Waals surface area contributed by atoms with Crippen molar-refractivity contribution in [2.45, 2.75) is 13.0 Å². The standard InChI is InChI=1S/C23H17ClI2N2O3/c24-16-4-2-1-3-15(16)11-31-21-17(25)7-12(8-18(21)26)10-27-28-22(29)19-13-5-6-14(9-13)20(19)23(28)30/h1-8,10,13-14,19-20H,9,11H2/b27-10-/t13-,14-,19-,20-/m0/s1. The first-order chi connectivity index (χ1) is 14.9. The number of benzene rings is 2. The van der Waals surface area contributed by atoms with E-state index in [2.05, 4.69) is 62.4 Å². The van der Waals surface area contributed by atoms with Gasteiger partial charge in [0.05, 0.1) is 25.2 Å². The van der Waals surface area contributed by atoms with Crippen molar-refractivity contribution in [3.05, 3.63) is 71.8 Å². The van der Waals surface area contributed by atoms with Crippen LogP contribution < -0.4 is 4.74 Å². The molecule has 31 heavy (non-hydrogen) atoms. The summed E-state index contributed by atoms with van der Waals surface area (Å²) in [7, 11) is 0. The molecule has 2 bridgehead atoms. The molecular weight excluding hydrogens is 642 g/mol. The van der Waals surface area contributed by atoms with Gasteiger partial charge in [0.1, 0.15) is 12.4 Å². The quantitative estimate of drug-likeness (QED) is 0.191. The average Bonchev–Trinajstić information content (AvgIpc) is 3.41. The molecule has 0 N–H and O–H groups in total. The fourth-order valence-corrected chi connectivity index (χ4v) is 7.00. The summed E-state index contributed by atoms with van der Waals surface area (Å²) >= 11 is 10.6. The summed E-state index contributed by atoms with van der Waals surface area (Å²) in [6.45, 7) is 0.370. The lowest BCUT2D eigenvalue weighted by Gasteiger charge is -2.13. The second kappa shape index (κ2) is 8.47. The van der Waals surface area contributed by atoms with Gasteiger partial charge in [-0.25, -0.2) is 0 Å². The predicted octanol–water partition coefficient (Wildman–Crippen LogP) is 5.27. The molecule has 0 aromatic heterocycles. The van der Waals surface area contributed by atoms with Crippen LogP contribution >= 0.6 is 56.8 Å². The molecule has 2 aromatic rings. The normalized spacial score (nSPS) is 26.4. The van der Waals surface area contributed by atoms with Gasteiger partial charge in [0.2, 0.25) is 0 Å². The highest BCUT2D eigenvalue weighted by Crippen LogP contribution is 2.52. The smallest absolute Gasteiger partial charge is 0.254 e. The van der Waals surface area contributed by atoms with Gasteiger partial charge in [-0.3, -0.25) is 9.59 Å². The topological polar surface area (TPSA) is 59.0 Å². The molecule has 1 aliphatic heterocycles. The summed E-state index contributed by atoms with van der Waals surface area (Å²) in [6.07, 6.45) is 6.65. The lowest BCUT2D eigenvalue weighted by atomic mass is 9.85. The highest BCUT2D eigenvalue weighted by Gasteiger charge is 2.59. The number of carbonyl (C=O) groups is 2. The van der Waals surface area contributed by atoms with Crippen LogP contribution in [0.1, 0.15) is 17.5 Å². The molecule has 1 saturated carbocycles. The lowest BCUT2D eigenvalue weighted by molar-refractivity contribution is -0.140. The van der Waals surface area contributed by atoms with Crippen molar-refractivity contribution in [1.29, 1.82) is 0 Å². The molecule has 4 atom stereocenters. The Kier molecular flexibility index (Phi) is 5.85. The predicted molar refractivity (Wildman–Crippen MR) is 135 cm³/mol. The summed E-state index contributed by atoms with van der Waals surface area (Å²) in [5.74, 6) is 0.315. The van der Waals surface area contributed by atoms with Crippen LogP contribution in [0.25, 0.3) is 0 Å². The van der Waals surface area contributed by atoms with E-state index >= 15 is 0 Å². The Morgan fingerprint density at radius 1 is 1.06 bits per heavy atom. The number of allylic oxidation sites excluding steroid dienone is 2. The zero-order chi connectivity index (χ0) is 21.7. The lowest BCUT2D eigenvalue weighted by Crippen LogP contribution is -2.28. The first kappa shape index (κ1) is 21.4. The fraction of sp³-hybridized carbons (Fsp3) is 0.261. The van der Waals surface area contributed by atoms with Gasteiger partial charge in [-0.05, 0) is 87.2 Å². The number of hydrazone groups is 1. The van der Waals surface area contributed by atoms with Gasteiger partial charge in [-0.1, -0.05) is 42.0 Å². The van der Waals surface area contributed by atoms with Crippen molar-refractivity contribution < 1.29 is 14.3 Å². The van der Waals surface area contributed by atoms with E-state index in [1.807, 2.05) is 36.4 Å². The Labute approximate surface area is 212 Å². The van der Waals surface area contributed by atoms with Crippen molar-refractivity contribution in [3.63, 3.8) is 0 Å². The minimum absolute atomic E-state index is 0.174. The van der Waals surface area contributed by atoms with Gasteiger partial charge in [0.15, 0.2) is 0 Å². The molecular formula is C23H17ClI2N2O3. The first-order valence-corrected chi connectivity index (χ1v) is 12.4. The maximum atomic E-state index is 12.8. The van der Waals surface area contributed by atoms with Crippen molar-refractivity contribution in [2.24, 2.45) is 28.8 Å². The number of fused-ring (bicyclic) bond motifs is 5. The van der Waals surface area contributed by atoms with Gasteiger partial charge in [-0.2, -0.15) is 10.1 Å². The Hall–Kier alpha value is -1.46. The number of carbonyl (C=O) groups excluding carboxylic acids is 2. The monoisotopic (exact) mass is 658 g/mol. The summed E-state index contributed by atoms with van der Waals surface area (Å²) in [5, 5.41) is 6.01. The molecule has 1 heterocycles. The second-order valence-electron chi connectivity index (χ2n) is 7.93. The van der Waals surface area contributed by atoms with Crippen LogP contribution in [0, 0.1) is 30.8 Å². The van der Waals surface area contributed by atoms with Crippen LogP contribution in [-0.4, -0.2) is 23.0 Å². The van der Waals surface area contributed by atoms with Crippen LogP contribution in [0.15, 0.2) is 53.7 Å². The Balaban J connectivity index is 1.31. The van der Waals surface area contributed by atoms with E-state index in [4.69, 9.17) is 16.3 Å². The second-order valence-corrected chi connectivity index (χ2v) is 10.7. The Bertz CT molecular complexity index is 1100.